The number of nitrogens with zero attached hydrogens (tertiary/aromatic N) is 7. The third-order valence-corrected chi connectivity index (χ3v) is 3.68. The molecule has 3 aromatic rings. The Morgan fingerprint density at radius 2 is 1.36 bits per heavy atom. The van der Waals surface area contributed by atoms with Gasteiger partial charge in [-0.3, -0.25) is 4.90 Å². The molecule has 3 aromatic heterocycles. The van der Waals surface area contributed by atoms with Gasteiger partial charge in [0.1, 0.15) is 5.76 Å². The second-order valence-electron chi connectivity index (χ2n) is 5.43. The smallest absolute Gasteiger partial charge is 0.425 e. The standard InChI is InChI=1S/C9H9BN6.C8H10NO3.2CO.Mo/c1-4-11-14(7-1)10(15-8-2-5-12-15)16-9-3-6-13-16;1-11-7-4-3-5-9(6-7)8(10)12-2;2*1-2;/h1-9H;3-6H,1-2H3;;;/q-1;;;;+2. The summed E-state index contributed by atoms with van der Waals surface area (Å²) in [5.41, 5.74) is 0. The number of carbonyl (C=O) groups excluding carboxylic acids is 1. The number of rotatable bonds is 4. The first-order valence-electron chi connectivity index (χ1n) is 8.74. The van der Waals surface area contributed by atoms with Crippen molar-refractivity contribution >= 4 is 13.2 Å². The molecule has 14 heteroatoms. The fourth-order valence-electron chi connectivity index (χ4n) is 2.41. The molecule has 1 amide bonds. The van der Waals surface area contributed by atoms with Crippen LogP contribution in [0.25, 0.3) is 0 Å². The average Bonchev–Trinajstić information content (AvgIpc) is 3.67. The van der Waals surface area contributed by atoms with Crippen molar-refractivity contribution in [1.29, 1.82) is 0 Å². The summed E-state index contributed by atoms with van der Waals surface area (Å²) in [5, 5.41) is 12.7. The minimum atomic E-state index is -0.436. The van der Waals surface area contributed by atoms with Crippen LogP contribution in [-0.4, -0.2) is 61.4 Å². The molecule has 0 aromatic carbocycles. The first-order chi connectivity index (χ1) is 15.7. The molecule has 0 fully saturated rings. The molecule has 33 heavy (non-hydrogen) atoms. The van der Waals surface area contributed by atoms with Gasteiger partial charge in [0.2, 0.25) is 0 Å². The van der Waals surface area contributed by atoms with E-state index in [1.807, 2.05) is 36.8 Å². The molecule has 168 valence electrons. The molecule has 4 heterocycles. The van der Waals surface area contributed by atoms with E-state index in [2.05, 4.69) is 33.3 Å². The van der Waals surface area contributed by atoms with E-state index in [0.29, 0.717) is 5.76 Å². The van der Waals surface area contributed by atoms with E-state index < -0.39 is 6.09 Å². The average molecular weight is 532 g/mol. The largest absolute Gasteiger partial charge is 2.00 e. The van der Waals surface area contributed by atoms with Gasteiger partial charge in [-0.2, -0.15) is 0 Å². The molecule has 0 aliphatic carbocycles. The second kappa shape index (κ2) is 17.3. The van der Waals surface area contributed by atoms with Gasteiger partial charge in [0.05, 0.1) is 20.8 Å². The Kier molecular flexibility index (Phi) is 15.5. The third kappa shape index (κ3) is 8.98. The van der Waals surface area contributed by atoms with Gasteiger partial charge in [-0.1, -0.05) is 0 Å². The van der Waals surface area contributed by atoms with Gasteiger partial charge < -0.3 is 23.3 Å². The van der Waals surface area contributed by atoms with Crippen LogP contribution in [0.4, 0.5) is 4.79 Å². The Hall–Kier alpha value is -3.33. The topological polar surface area (TPSA) is 132 Å². The van der Waals surface area contributed by atoms with Crippen molar-refractivity contribution in [1.82, 2.24) is 34.0 Å². The SMILES string of the molecule is COC(=O)N1[CH][CH][CH]C(OC)=C1.[C-]#[O+].[C-]#[O+].[Mo+2].c1cnn([B-](n2cccn2)n2cccn2)c1. The van der Waals surface area contributed by atoms with E-state index in [-0.39, 0.29) is 28.2 Å². The molecule has 0 unspecified atom stereocenters. The molecule has 0 atom stereocenters. The summed E-state index contributed by atoms with van der Waals surface area (Å²) in [4.78, 5) is 12.3. The van der Waals surface area contributed by atoms with Crippen LogP contribution in [0.1, 0.15) is 0 Å². The van der Waals surface area contributed by atoms with Crippen LogP contribution in [0.5, 0.6) is 0 Å². The maximum atomic E-state index is 11.0. The Labute approximate surface area is 206 Å². The van der Waals surface area contributed by atoms with E-state index in [1.54, 1.807) is 58.0 Å². The van der Waals surface area contributed by atoms with Crippen molar-refractivity contribution in [2.24, 2.45) is 0 Å². The van der Waals surface area contributed by atoms with Crippen molar-refractivity contribution in [2.75, 3.05) is 14.2 Å². The van der Waals surface area contributed by atoms with E-state index in [9.17, 15) is 4.79 Å². The van der Waals surface area contributed by atoms with Crippen LogP contribution in [0.2, 0.25) is 0 Å². The van der Waals surface area contributed by atoms with Crippen LogP contribution in [0, 0.1) is 32.7 Å². The van der Waals surface area contributed by atoms with Crippen molar-refractivity contribution in [3.05, 3.63) is 100 Å². The minimum Gasteiger partial charge on any atom is -0.425 e. The summed E-state index contributed by atoms with van der Waals surface area (Å²) in [6.45, 7) is 10.6. The van der Waals surface area contributed by atoms with E-state index in [1.165, 1.54) is 19.1 Å². The Morgan fingerprint density at radius 1 is 0.909 bits per heavy atom. The molecule has 0 saturated heterocycles. The Morgan fingerprint density at radius 3 is 1.70 bits per heavy atom. The number of hydrogen-bond acceptors (Lipinski definition) is 6. The molecule has 0 N–H and O–H groups in total. The van der Waals surface area contributed by atoms with Gasteiger partial charge in [0.15, 0.2) is 0 Å². The number of methoxy groups -OCH3 is 2. The first-order valence-corrected chi connectivity index (χ1v) is 8.74. The Balaban J connectivity index is 0.000000542. The number of aromatic nitrogens is 6. The van der Waals surface area contributed by atoms with Gasteiger partial charge in [-0.25, -0.2) is 20.1 Å². The monoisotopic (exact) mass is 534 g/mol. The second-order valence-corrected chi connectivity index (χ2v) is 5.43. The zero-order valence-electron chi connectivity index (χ0n) is 17.7. The number of carbonyl (C=O) groups is 1. The first kappa shape index (κ1) is 29.7. The maximum Gasteiger partial charge on any atom is 2.00 e. The maximum absolute atomic E-state index is 11.0. The zero-order valence-corrected chi connectivity index (χ0v) is 19.7. The van der Waals surface area contributed by atoms with E-state index >= 15 is 0 Å². The molecule has 0 saturated carbocycles. The van der Waals surface area contributed by atoms with Gasteiger partial charge in [0, 0.05) is 31.2 Å². The van der Waals surface area contributed by atoms with Gasteiger partial charge in [-0.05, 0) is 43.2 Å². The third-order valence-electron chi connectivity index (χ3n) is 3.68. The molecule has 1 aliphatic heterocycles. The summed E-state index contributed by atoms with van der Waals surface area (Å²) in [6, 6.07) is 5.62. The number of hydrogen-bond donors (Lipinski definition) is 0. The van der Waals surface area contributed by atoms with Crippen LogP contribution in [-0.2, 0) is 39.8 Å². The predicted octanol–water partition coefficient (Wildman–Crippen LogP) is 1.25. The van der Waals surface area contributed by atoms with Crippen molar-refractivity contribution < 1.29 is 44.6 Å². The van der Waals surface area contributed by atoms with Gasteiger partial charge >= 0.3 is 49.8 Å². The minimum absolute atomic E-state index is 0. The summed E-state index contributed by atoms with van der Waals surface area (Å²) >= 11 is 0. The van der Waals surface area contributed by atoms with Crippen molar-refractivity contribution in [3.8, 4) is 0 Å². The van der Waals surface area contributed by atoms with Crippen LogP contribution >= 0.6 is 0 Å². The van der Waals surface area contributed by atoms with Crippen LogP contribution in [0.3, 0.4) is 0 Å². The molecule has 1 aliphatic rings. The molecular weight excluding hydrogens is 513 g/mol. The summed E-state index contributed by atoms with van der Waals surface area (Å²) in [5.74, 6) is 0.614. The van der Waals surface area contributed by atoms with Gasteiger partial charge in [0.25, 0.3) is 7.12 Å². The quantitative estimate of drug-likeness (QED) is 0.283. The summed E-state index contributed by atoms with van der Waals surface area (Å²) < 4.78 is 29.8. The molecule has 4 radical (unpaired) electrons. The van der Waals surface area contributed by atoms with Crippen LogP contribution in [0.15, 0.2) is 67.3 Å². The molecule has 12 nitrogen and oxygen atoms in total. The van der Waals surface area contributed by atoms with Crippen molar-refractivity contribution in [3.63, 3.8) is 0 Å². The van der Waals surface area contributed by atoms with E-state index in [0.717, 1.165) is 0 Å². The van der Waals surface area contributed by atoms with Gasteiger partial charge in [-0.15, -0.1) is 0 Å². The van der Waals surface area contributed by atoms with E-state index in [4.69, 9.17) is 14.0 Å². The number of allylic oxidation sites excluding steroid dienone is 1. The molecule has 4 rings (SSSR count). The number of ether oxygens (including phenoxy) is 2. The molecule has 0 bridgehead atoms. The zero-order chi connectivity index (χ0) is 23.8. The Bertz CT molecular complexity index is 872. The summed E-state index contributed by atoms with van der Waals surface area (Å²) in [7, 11) is 2.67. The fourth-order valence-corrected chi connectivity index (χ4v) is 2.41. The summed E-state index contributed by atoms with van der Waals surface area (Å²) in [6.07, 6.45) is 15.4. The number of amides is 1. The molecular formula is C19H19BMoN7O5+. The molecule has 0 spiro atoms. The fraction of sp³-hybridized carbons (Fsp3) is 0.105. The predicted molar refractivity (Wildman–Crippen MR) is 109 cm³/mol. The van der Waals surface area contributed by atoms with Crippen LogP contribution < -0.4 is 0 Å². The van der Waals surface area contributed by atoms with Crippen molar-refractivity contribution in [2.45, 2.75) is 0 Å². The normalized spacial score (nSPS) is 11.6.